The zero-order chi connectivity index (χ0) is 32.0. The Labute approximate surface area is 259 Å². The number of ether oxygens (including phenoxy) is 2. The van der Waals surface area contributed by atoms with Crippen molar-refractivity contribution in [1.29, 1.82) is 0 Å². The molecule has 1 saturated carbocycles. The van der Waals surface area contributed by atoms with Crippen LogP contribution in [0.15, 0.2) is 66.7 Å². The van der Waals surface area contributed by atoms with Gasteiger partial charge in [0, 0.05) is 18.2 Å². The fourth-order valence-corrected chi connectivity index (χ4v) is 5.42. The predicted octanol–water partition coefficient (Wildman–Crippen LogP) is 6.21. The van der Waals surface area contributed by atoms with Crippen molar-refractivity contribution in [2.75, 3.05) is 12.4 Å². The number of methoxy groups -OCH3 is 1. The van der Waals surface area contributed by atoms with Crippen LogP contribution in [0, 0.1) is 13.8 Å². The van der Waals surface area contributed by atoms with Crippen LogP contribution < -0.4 is 15.4 Å². The quantitative estimate of drug-likeness (QED) is 0.254. The minimum atomic E-state index is -1.03. The molecule has 0 aromatic heterocycles. The predicted molar refractivity (Wildman–Crippen MR) is 170 cm³/mol. The molecule has 3 aromatic carbocycles. The number of phenols is 1. The zero-order valence-corrected chi connectivity index (χ0v) is 26.3. The summed E-state index contributed by atoms with van der Waals surface area (Å²) in [5.74, 6) is 0.0172. The molecule has 0 spiro atoms. The zero-order valence-electron chi connectivity index (χ0n) is 26.3. The number of alkyl carbamates (subject to hydrolysis) is 1. The molecule has 9 nitrogen and oxygen atoms in total. The molecule has 0 heterocycles. The topological polar surface area (TPSA) is 117 Å². The highest BCUT2D eigenvalue weighted by molar-refractivity contribution is 5.99. The second kappa shape index (κ2) is 13.8. The minimum Gasteiger partial charge on any atom is -0.508 e. The van der Waals surface area contributed by atoms with E-state index in [4.69, 9.17) is 9.47 Å². The maximum atomic E-state index is 14.7. The Morgan fingerprint density at radius 3 is 2.09 bits per heavy atom. The summed E-state index contributed by atoms with van der Waals surface area (Å²) in [4.78, 5) is 43.8. The minimum absolute atomic E-state index is 0.0955. The van der Waals surface area contributed by atoms with Crippen molar-refractivity contribution in [3.8, 4) is 11.5 Å². The number of aromatic hydroxyl groups is 1. The number of anilines is 1. The van der Waals surface area contributed by atoms with Crippen LogP contribution in [-0.2, 0) is 20.7 Å². The maximum Gasteiger partial charge on any atom is 0.408 e. The molecule has 0 bridgehead atoms. The van der Waals surface area contributed by atoms with E-state index >= 15 is 0 Å². The largest absolute Gasteiger partial charge is 0.508 e. The third-order valence-corrected chi connectivity index (χ3v) is 7.79. The molecule has 1 aliphatic rings. The van der Waals surface area contributed by atoms with E-state index in [1.165, 1.54) is 12.1 Å². The van der Waals surface area contributed by atoms with Crippen LogP contribution in [0.1, 0.15) is 68.3 Å². The molecule has 0 radical (unpaired) electrons. The van der Waals surface area contributed by atoms with Gasteiger partial charge in [-0.1, -0.05) is 30.3 Å². The first-order valence-electron chi connectivity index (χ1n) is 15.0. The summed E-state index contributed by atoms with van der Waals surface area (Å²) < 4.78 is 10.8. The molecule has 1 fully saturated rings. The molecule has 44 heavy (non-hydrogen) atoms. The number of benzene rings is 3. The molecule has 3 N–H and O–H groups in total. The first-order chi connectivity index (χ1) is 20.9. The summed E-state index contributed by atoms with van der Waals surface area (Å²) in [5, 5.41) is 15.6. The molecule has 9 heteroatoms. The highest BCUT2D eigenvalue weighted by Gasteiger charge is 2.43. The van der Waals surface area contributed by atoms with Crippen molar-refractivity contribution < 1.29 is 29.0 Å². The van der Waals surface area contributed by atoms with Gasteiger partial charge in [-0.15, -0.1) is 0 Å². The third kappa shape index (κ3) is 8.09. The molecule has 2 unspecified atom stereocenters. The van der Waals surface area contributed by atoms with Gasteiger partial charge in [-0.3, -0.25) is 9.59 Å². The number of carbonyl (C=O) groups is 3. The molecule has 3 aromatic rings. The fourth-order valence-electron chi connectivity index (χ4n) is 5.42. The van der Waals surface area contributed by atoms with Crippen LogP contribution in [0.3, 0.4) is 0 Å². The second-order valence-electron chi connectivity index (χ2n) is 12.3. The first-order valence-corrected chi connectivity index (χ1v) is 15.0. The van der Waals surface area contributed by atoms with Gasteiger partial charge in [-0.05, 0) is 113 Å². The van der Waals surface area contributed by atoms with Crippen molar-refractivity contribution in [3.05, 3.63) is 89.0 Å². The number of aryl methyl sites for hydroxylation is 2. The second-order valence-corrected chi connectivity index (χ2v) is 12.3. The fraction of sp³-hybridized carbons (Fsp3) is 0.400. The van der Waals surface area contributed by atoms with E-state index < -0.39 is 23.8 Å². The molecule has 3 amide bonds. The number of carbonyl (C=O) groups excluding carboxylic acids is 3. The summed E-state index contributed by atoms with van der Waals surface area (Å²) in [6.07, 6.45) is 1.81. The van der Waals surface area contributed by atoms with Gasteiger partial charge in [0.15, 0.2) is 0 Å². The summed E-state index contributed by atoms with van der Waals surface area (Å²) >= 11 is 0. The molecular formula is C35H43N3O6. The van der Waals surface area contributed by atoms with Crippen LogP contribution in [-0.4, -0.2) is 52.7 Å². The summed E-state index contributed by atoms with van der Waals surface area (Å²) in [6, 6.07) is 17.1. The van der Waals surface area contributed by atoms with Crippen molar-refractivity contribution in [2.45, 2.75) is 84.0 Å². The lowest BCUT2D eigenvalue weighted by atomic mass is 9.86. The number of hydrogen-bond donors (Lipinski definition) is 3. The van der Waals surface area contributed by atoms with Crippen molar-refractivity contribution in [1.82, 2.24) is 10.2 Å². The van der Waals surface area contributed by atoms with Crippen LogP contribution in [0.25, 0.3) is 0 Å². The van der Waals surface area contributed by atoms with E-state index in [0.29, 0.717) is 11.4 Å². The van der Waals surface area contributed by atoms with Gasteiger partial charge in [0.05, 0.1) is 7.11 Å². The lowest BCUT2D eigenvalue weighted by molar-refractivity contribution is -0.145. The smallest absolute Gasteiger partial charge is 0.408 e. The van der Waals surface area contributed by atoms with Crippen LogP contribution in [0.4, 0.5) is 10.5 Å². The van der Waals surface area contributed by atoms with Crippen molar-refractivity contribution >= 4 is 23.6 Å². The Hall–Kier alpha value is -4.53. The van der Waals surface area contributed by atoms with Gasteiger partial charge in [-0.2, -0.15) is 0 Å². The SMILES string of the molecule is COc1ccc(NC(=O)C(c2c(C)cccc2C)N(C(=O)C(Cc2ccc(O)cc2)NC(=O)OC(C)(C)C)C2CCC2)cc1. The number of hydrogen-bond acceptors (Lipinski definition) is 6. The van der Waals surface area contributed by atoms with E-state index in [2.05, 4.69) is 10.6 Å². The van der Waals surface area contributed by atoms with Crippen LogP contribution in [0.2, 0.25) is 0 Å². The standard InChI is InChI=1S/C35H43N3O6/c1-22-9-7-10-23(2)30(22)31(32(40)36-25-15-19-28(43-6)20-16-25)38(26-11-8-12-26)33(41)29(37-34(42)44-35(3,4)5)21-24-13-17-27(39)18-14-24/h7,9-10,13-20,26,29,31,39H,8,11-12,21H2,1-6H3,(H,36,40)(H,37,42). The Bertz CT molecular complexity index is 1440. The van der Waals surface area contributed by atoms with E-state index in [-0.39, 0.29) is 30.0 Å². The lowest BCUT2D eigenvalue weighted by Crippen LogP contribution is -2.57. The highest BCUT2D eigenvalue weighted by Crippen LogP contribution is 2.37. The molecule has 2 atom stereocenters. The normalized spacial score (nSPS) is 14.5. The van der Waals surface area contributed by atoms with E-state index in [9.17, 15) is 19.5 Å². The number of nitrogens with one attached hydrogen (secondary N) is 2. The highest BCUT2D eigenvalue weighted by atomic mass is 16.6. The van der Waals surface area contributed by atoms with Crippen LogP contribution in [0.5, 0.6) is 11.5 Å². The summed E-state index contributed by atoms with van der Waals surface area (Å²) in [7, 11) is 1.58. The van der Waals surface area contributed by atoms with Gasteiger partial charge in [0.2, 0.25) is 5.91 Å². The Morgan fingerprint density at radius 2 is 1.57 bits per heavy atom. The average molecular weight is 602 g/mol. The maximum absolute atomic E-state index is 14.7. The summed E-state index contributed by atoms with van der Waals surface area (Å²) in [6.45, 7) is 9.14. The molecule has 4 rings (SSSR count). The Kier molecular flexibility index (Phi) is 10.2. The molecule has 0 aliphatic heterocycles. The number of nitrogens with zero attached hydrogens (tertiary/aromatic N) is 1. The van der Waals surface area contributed by atoms with Crippen LogP contribution >= 0.6 is 0 Å². The first kappa shape index (κ1) is 32.4. The van der Waals surface area contributed by atoms with Gasteiger partial charge >= 0.3 is 6.09 Å². The third-order valence-electron chi connectivity index (χ3n) is 7.79. The van der Waals surface area contributed by atoms with Crippen molar-refractivity contribution in [3.63, 3.8) is 0 Å². The van der Waals surface area contributed by atoms with E-state index in [0.717, 1.165) is 41.5 Å². The van der Waals surface area contributed by atoms with Gasteiger partial charge in [0.1, 0.15) is 29.2 Å². The van der Waals surface area contributed by atoms with Crippen molar-refractivity contribution in [2.24, 2.45) is 0 Å². The van der Waals surface area contributed by atoms with E-state index in [1.54, 1.807) is 69.2 Å². The molecule has 1 aliphatic carbocycles. The molecular weight excluding hydrogens is 558 g/mol. The number of rotatable bonds is 10. The number of phenolic OH excluding ortho intramolecular Hbond substituents is 1. The van der Waals surface area contributed by atoms with E-state index in [1.807, 2.05) is 32.0 Å². The summed E-state index contributed by atoms with van der Waals surface area (Å²) in [5.41, 5.74) is 3.04. The Morgan fingerprint density at radius 1 is 0.955 bits per heavy atom. The molecule has 0 saturated heterocycles. The molecule has 234 valence electrons. The average Bonchev–Trinajstić information content (AvgIpc) is 2.93. The lowest BCUT2D eigenvalue weighted by Gasteiger charge is -2.44. The van der Waals surface area contributed by atoms with Gasteiger partial charge < -0.3 is 30.1 Å². The van der Waals surface area contributed by atoms with Gasteiger partial charge in [0.25, 0.3) is 5.91 Å². The Balaban J connectivity index is 1.77. The monoisotopic (exact) mass is 601 g/mol. The number of amides is 3. The van der Waals surface area contributed by atoms with Gasteiger partial charge in [-0.25, -0.2) is 4.79 Å².